The molecule has 3 atom stereocenters. The summed E-state index contributed by atoms with van der Waals surface area (Å²) in [5.41, 5.74) is -0.376. The fourth-order valence-electron chi connectivity index (χ4n) is 5.77. The van der Waals surface area contributed by atoms with E-state index in [-0.39, 0.29) is 17.4 Å². The molecular formula is C32H38ClN5O4. The van der Waals surface area contributed by atoms with Crippen molar-refractivity contribution in [3.8, 4) is 11.5 Å². The molecule has 0 aliphatic heterocycles. The highest BCUT2D eigenvalue weighted by Crippen LogP contribution is 2.47. The molecule has 3 unspecified atom stereocenters. The summed E-state index contributed by atoms with van der Waals surface area (Å²) in [5, 5.41) is 5.10. The molecule has 2 heterocycles. The van der Waals surface area contributed by atoms with Crippen LogP contribution in [0.3, 0.4) is 0 Å². The largest absolute Gasteiger partial charge is 0.497 e. The van der Waals surface area contributed by atoms with Crippen LogP contribution in [0, 0.1) is 5.41 Å². The van der Waals surface area contributed by atoms with Gasteiger partial charge in [0.25, 0.3) is 0 Å². The highest BCUT2D eigenvalue weighted by atomic mass is 35.5. The second kappa shape index (κ2) is 12.6. The molecule has 9 nitrogen and oxygen atoms in total. The highest BCUT2D eigenvalue weighted by molar-refractivity contribution is 6.30. The molecule has 222 valence electrons. The van der Waals surface area contributed by atoms with Crippen LogP contribution in [0.2, 0.25) is 5.02 Å². The van der Waals surface area contributed by atoms with Gasteiger partial charge in [-0.05, 0) is 66.6 Å². The maximum absolute atomic E-state index is 14.2. The lowest BCUT2D eigenvalue weighted by Gasteiger charge is -2.39. The first-order chi connectivity index (χ1) is 20.2. The SMILES string of the molecule is COc1ccc(OCC(c2nccn2C(=O)OC2(c3ccc(Cl)cc3)CCCCCC2n2cncn2)C(C)(C)C)cc1. The van der Waals surface area contributed by atoms with Gasteiger partial charge in [-0.25, -0.2) is 24.0 Å². The predicted octanol–water partition coefficient (Wildman–Crippen LogP) is 7.43. The number of ether oxygens (including phenoxy) is 3. The van der Waals surface area contributed by atoms with Crippen molar-refractivity contribution in [2.75, 3.05) is 13.7 Å². The van der Waals surface area contributed by atoms with Gasteiger partial charge < -0.3 is 14.2 Å². The zero-order chi connectivity index (χ0) is 29.7. The maximum atomic E-state index is 14.2. The Morgan fingerprint density at radius 1 is 1.07 bits per heavy atom. The van der Waals surface area contributed by atoms with Crippen molar-refractivity contribution in [1.82, 2.24) is 24.3 Å². The van der Waals surface area contributed by atoms with Crippen LogP contribution in [-0.2, 0) is 10.3 Å². The Morgan fingerprint density at radius 2 is 1.81 bits per heavy atom. The van der Waals surface area contributed by atoms with E-state index in [2.05, 4.69) is 35.8 Å². The van der Waals surface area contributed by atoms with E-state index in [1.807, 2.05) is 53.2 Å². The van der Waals surface area contributed by atoms with Crippen molar-refractivity contribution in [2.24, 2.45) is 5.41 Å². The van der Waals surface area contributed by atoms with Crippen molar-refractivity contribution in [1.29, 1.82) is 0 Å². The standard InChI is InChI=1S/C32H38ClN5O4/c1-31(2,3)27(20-41-26-15-13-25(40-4)14-16-26)29-35-18-19-37(29)30(39)42-32(23-9-11-24(33)12-10-23)17-7-5-6-8-28(32)38-22-34-21-36-38/h9-16,18-19,21-22,27-28H,5-8,17,20H2,1-4H3. The third-order valence-corrected chi connectivity index (χ3v) is 8.37. The van der Waals surface area contributed by atoms with Gasteiger partial charge in [-0.2, -0.15) is 5.10 Å². The monoisotopic (exact) mass is 591 g/mol. The molecule has 0 spiro atoms. The number of aromatic nitrogens is 5. The molecule has 1 fully saturated rings. The number of rotatable bonds is 8. The minimum atomic E-state index is -0.982. The molecule has 1 aliphatic rings. The number of methoxy groups -OCH3 is 1. The second-order valence-electron chi connectivity index (χ2n) is 11.8. The first-order valence-electron chi connectivity index (χ1n) is 14.3. The zero-order valence-corrected chi connectivity index (χ0v) is 25.3. The Hall–Kier alpha value is -3.85. The number of hydrogen-bond acceptors (Lipinski definition) is 7. The molecule has 0 bridgehead atoms. The fourth-order valence-corrected chi connectivity index (χ4v) is 5.89. The number of nitrogens with zero attached hydrogens (tertiary/aromatic N) is 5. The number of hydrogen-bond donors (Lipinski definition) is 0. The van der Waals surface area contributed by atoms with E-state index in [0.29, 0.717) is 29.6 Å². The lowest BCUT2D eigenvalue weighted by Crippen LogP contribution is -2.42. The number of benzene rings is 2. The normalized spacial score (nSPS) is 20.0. The third-order valence-electron chi connectivity index (χ3n) is 8.12. The van der Waals surface area contributed by atoms with Crippen molar-refractivity contribution >= 4 is 17.7 Å². The first kappa shape index (κ1) is 29.6. The van der Waals surface area contributed by atoms with Crippen LogP contribution in [0.25, 0.3) is 0 Å². The molecule has 10 heteroatoms. The molecule has 2 aromatic heterocycles. The van der Waals surface area contributed by atoms with E-state index in [9.17, 15) is 4.79 Å². The van der Waals surface area contributed by atoms with Gasteiger partial charge in [-0.3, -0.25) is 0 Å². The molecule has 1 aliphatic carbocycles. The molecule has 42 heavy (non-hydrogen) atoms. The summed E-state index contributed by atoms with van der Waals surface area (Å²) < 4.78 is 21.5. The Balaban J connectivity index is 1.49. The molecule has 0 amide bonds. The van der Waals surface area contributed by atoms with Gasteiger partial charge in [-0.1, -0.05) is 57.3 Å². The molecule has 4 aromatic rings. The number of carbonyl (C=O) groups is 1. The van der Waals surface area contributed by atoms with E-state index in [1.165, 1.54) is 10.9 Å². The van der Waals surface area contributed by atoms with Gasteiger partial charge >= 0.3 is 6.09 Å². The molecule has 2 aromatic carbocycles. The maximum Gasteiger partial charge on any atom is 0.420 e. The Morgan fingerprint density at radius 3 is 2.48 bits per heavy atom. The highest BCUT2D eigenvalue weighted by Gasteiger charge is 2.47. The summed E-state index contributed by atoms with van der Waals surface area (Å²) in [6.07, 6.45) is 10.4. The summed E-state index contributed by atoms with van der Waals surface area (Å²) in [6, 6.07) is 14.8. The van der Waals surface area contributed by atoms with Crippen LogP contribution in [0.5, 0.6) is 11.5 Å². The van der Waals surface area contributed by atoms with Gasteiger partial charge in [0.2, 0.25) is 0 Å². The smallest absolute Gasteiger partial charge is 0.420 e. The van der Waals surface area contributed by atoms with Crippen molar-refractivity contribution < 1.29 is 19.0 Å². The molecular weight excluding hydrogens is 554 g/mol. The van der Waals surface area contributed by atoms with E-state index in [0.717, 1.165) is 37.0 Å². The Kier molecular flexibility index (Phi) is 8.87. The summed E-state index contributed by atoms with van der Waals surface area (Å²) in [4.78, 5) is 23.1. The van der Waals surface area contributed by atoms with Gasteiger partial charge in [0.05, 0.1) is 25.7 Å². The van der Waals surface area contributed by atoms with Crippen LogP contribution in [-0.4, -0.2) is 44.1 Å². The van der Waals surface area contributed by atoms with E-state index in [4.69, 9.17) is 25.8 Å². The number of carbonyl (C=O) groups excluding carboxylic acids is 1. The summed E-state index contributed by atoms with van der Waals surface area (Å²) in [6.45, 7) is 6.66. The Labute approximate surface area is 251 Å². The zero-order valence-electron chi connectivity index (χ0n) is 24.6. The lowest BCUT2D eigenvalue weighted by atomic mass is 9.80. The van der Waals surface area contributed by atoms with Crippen molar-refractivity contribution in [3.05, 3.63) is 90.0 Å². The van der Waals surface area contributed by atoms with Crippen LogP contribution >= 0.6 is 11.6 Å². The van der Waals surface area contributed by atoms with Crippen molar-refractivity contribution in [2.45, 2.75) is 70.4 Å². The average molecular weight is 592 g/mol. The third kappa shape index (κ3) is 6.31. The summed E-state index contributed by atoms with van der Waals surface area (Å²) in [5.74, 6) is 1.83. The minimum Gasteiger partial charge on any atom is -0.497 e. The molecule has 0 saturated heterocycles. The number of imidazole rings is 1. The topological polar surface area (TPSA) is 93.3 Å². The predicted molar refractivity (Wildman–Crippen MR) is 160 cm³/mol. The van der Waals surface area contributed by atoms with Crippen LogP contribution in [0.4, 0.5) is 4.79 Å². The van der Waals surface area contributed by atoms with Crippen molar-refractivity contribution in [3.63, 3.8) is 0 Å². The number of halogens is 1. The van der Waals surface area contributed by atoms with Crippen LogP contribution < -0.4 is 9.47 Å². The quantitative estimate of drug-likeness (QED) is 0.197. The first-order valence-corrected chi connectivity index (χ1v) is 14.7. The minimum absolute atomic E-state index is 0.214. The van der Waals surface area contributed by atoms with E-state index >= 15 is 0 Å². The molecule has 0 radical (unpaired) electrons. The van der Waals surface area contributed by atoms with Gasteiger partial charge in [0.1, 0.15) is 30.0 Å². The second-order valence-corrected chi connectivity index (χ2v) is 12.3. The Bertz CT molecular complexity index is 1450. The van der Waals surface area contributed by atoms with Gasteiger partial charge in [0, 0.05) is 17.4 Å². The molecule has 1 saturated carbocycles. The van der Waals surface area contributed by atoms with Crippen LogP contribution in [0.15, 0.2) is 73.6 Å². The summed E-state index contributed by atoms with van der Waals surface area (Å²) >= 11 is 6.27. The average Bonchev–Trinajstić information content (AvgIpc) is 3.64. The molecule has 5 rings (SSSR count). The lowest BCUT2D eigenvalue weighted by molar-refractivity contribution is -0.0439. The fraction of sp³-hybridized carbons (Fsp3) is 0.438. The van der Waals surface area contributed by atoms with Gasteiger partial charge in [-0.15, -0.1) is 0 Å². The van der Waals surface area contributed by atoms with Crippen LogP contribution in [0.1, 0.15) is 76.2 Å². The summed E-state index contributed by atoms with van der Waals surface area (Å²) in [7, 11) is 1.63. The molecule has 0 N–H and O–H groups in total. The van der Waals surface area contributed by atoms with E-state index < -0.39 is 11.7 Å². The van der Waals surface area contributed by atoms with Gasteiger partial charge in [0.15, 0.2) is 5.60 Å². The van der Waals surface area contributed by atoms with E-state index in [1.54, 1.807) is 25.8 Å².